The number of rotatable bonds is 5. The molecule has 5 heteroatoms. The molecule has 122 valence electrons. The molecule has 5 nitrogen and oxygen atoms in total. The highest BCUT2D eigenvalue weighted by atomic mass is 16.5. The van der Waals surface area contributed by atoms with Crippen LogP contribution in [0.3, 0.4) is 0 Å². The van der Waals surface area contributed by atoms with Gasteiger partial charge in [-0.15, -0.1) is 0 Å². The molecule has 1 unspecified atom stereocenters. The molecule has 1 N–H and O–H groups in total. The molecule has 0 radical (unpaired) electrons. The Balaban J connectivity index is 1.65. The summed E-state index contributed by atoms with van der Waals surface area (Å²) in [5, 5.41) is 10.1. The van der Waals surface area contributed by atoms with Gasteiger partial charge in [-0.3, -0.25) is 9.69 Å². The molecule has 0 amide bonds. The van der Waals surface area contributed by atoms with Gasteiger partial charge in [0.15, 0.2) is 0 Å². The molecule has 1 fully saturated rings. The maximum atomic E-state index is 12.0. The molecular weight excluding hydrogens is 280 g/mol. The molecule has 1 aromatic rings. The second-order valence-electron chi connectivity index (χ2n) is 6.95. The number of β-amino-alcohol motifs (C(OH)–C–C–N with tert-alkyl or cyclic N) is 1. The van der Waals surface area contributed by atoms with E-state index >= 15 is 0 Å². The van der Waals surface area contributed by atoms with E-state index in [0.29, 0.717) is 25.0 Å². The van der Waals surface area contributed by atoms with Crippen molar-refractivity contribution in [3.05, 3.63) is 34.2 Å². The lowest BCUT2D eigenvalue weighted by Crippen LogP contribution is -2.49. The largest absolute Gasteiger partial charge is 0.389 e. The Bertz CT molecular complexity index is 569. The summed E-state index contributed by atoms with van der Waals surface area (Å²) in [4.78, 5) is 14.3. The Hall–Kier alpha value is -1.17. The Morgan fingerprint density at radius 1 is 1.32 bits per heavy atom. The molecule has 1 aromatic heterocycles. The zero-order valence-corrected chi connectivity index (χ0v) is 13.4. The molecule has 2 aliphatic rings. The number of hydrogen-bond donors (Lipinski definition) is 1. The van der Waals surface area contributed by atoms with E-state index in [-0.39, 0.29) is 11.7 Å². The van der Waals surface area contributed by atoms with Gasteiger partial charge in [0, 0.05) is 43.9 Å². The first-order chi connectivity index (χ1) is 10.5. The van der Waals surface area contributed by atoms with Crippen molar-refractivity contribution < 1.29 is 9.84 Å². The average Bonchev–Trinajstić information content (AvgIpc) is 2.46. The average molecular weight is 306 g/mol. The van der Waals surface area contributed by atoms with Gasteiger partial charge in [0.05, 0.1) is 18.8 Å². The fourth-order valence-electron chi connectivity index (χ4n) is 3.80. The number of aromatic nitrogens is 1. The van der Waals surface area contributed by atoms with E-state index in [4.69, 9.17) is 4.74 Å². The van der Waals surface area contributed by atoms with Crippen molar-refractivity contribution in [3.8, 4) is 0 Å². The number of nitrogens with zero attached hydrogens (tertiary/aromatic N) is 2. The molecule has 22 heavy (non-hydrogen) atoms. The van der Waals surface area contributed by atoms with Gasteiger partial charge in [-0.25, -0.2) is 0 Å². The lowest BCUT2D eigenvalue weighted by atomic mass is 9.83. The zero-order chi connectivity index (χ0) is 15.7. The predicted octanol–water partition coefficient (Wildman–Crippen LogP) is 1.05. The summed E-state index contributed by atoms with van der Waals surface area (Å²) in [6, 6.07) is 5.58. The first-order valence-electron chi connectivity index (χ1n) is 8.24. The number of fused-ring (bicyclic) bond motifs is 4. The molecule has 0 spiro atoms. The molecular formula is C17H26N2O3. The molecule has 3 heterocycles. The molecule has 0 aliphatic carbocycles. The van der Waals surface area contributed by atoms with E-state index in [0.717, 1.165) is 31.7 Å². The molecule has 3 atom stereocenters. The topological polar surface area (TPSA) is 54.7 Å². The Labute approximate surface area is 131 Å². The highest BCUT2D eigenvalue weighted by Crippen LogP contribution is 2.34. The smallest absolute Gasteiger partial charge is 0.250 e. The van der Waals surface area contributed by atoms with Gasteiger partial charge in [0.1, 0.15) is 0 Å². The van der Waals surface area contributed by atoms with Crippen LogP contribution in [0.2, 0.25) is 0 Å². The van der Waals surface area contributed by atoms with Crippen LogP contribution in [0.25, 0.3) is 0 Å². The quantitative estimate of drug-likeness (QED) is 0.883. The van der Waals surface area contributed by atoms with Crippen molar-refractivity contribution in [1.82, 2.24) is 9.47 Å². The Morgan fingerprint density at radius 2 is 2.14 bits per heavy atom. The van der Waals surface area contributed by atoms with Crippen LogP contribution in [0.15, 0.2) is 23.0 Å². The number of ether oxygens (including phenoxy) is 1. The Morgan fingerprint density at radius 3 is 2.91 bits per heavy atom. The minimum atomic E-state index is -0.445. The lowest BCUT2D eigenvalue weighted by Gasteiger charge is -2.43. The number of aliphatic hydroxyl groups excluding tert-OH is 1. The fraction of sp³-hybridized carbons (Fsp3) is 0.706. The molecule has 2 bridgehead atoms. The van der Waals surface area contributed by atoms with Crippen LogP contribution in [0, 0.1) is 5.92 Å². The van der Waals surface area contributed by atoms with Gasteiger partial charge < -0.3 is 14.4 Å². The Kier molecular flexibility index (Phi) is 4.66. The van der Waals surface area contributed by atoms with Gasteiger partial charge in [0.2, 0.25) is 0 Å². The number of likely N-dealkylation sites (tertiary alicyclic amines) is 1. The van der Waals surface area contributed by atoms with E-state index < -0.39 is 6.10 Å². The van der Waals surface area contributed by atoms with E-state index in [1.54, 1.807) is 6.07 Å². The van der Waals surface area contributed by atoms with Gasteiger partial charge in [0.25, 0.3) is 5.56 Å². The fourth-order valence-corrected chi connectivity index (χ4v) is 3.80. The number of aliphatic hydroxyl groups is 1. The molecule has 2 aliphatic heterocycles. The van der Waals surface area contributed by atoms with Crippen molar-refractivity contribution in [2.24, 2.45) is 5.92 Å². The van der Waals surface area contributed by atoms with Crippen LogP contribution in [-0.2, 0) is 11.3 Å². The number of pyridine rings is 1. The van der Waals surface area contributed by atoms with Crippen LogP contribution in [0.5, 0.6) is 0 Å². The summed E-state index contributed by atoms with van der Waals surface area (Å²) in [6.07, 6.45) is 0.853. The van der Waals surface area contributed by atoms with Crippen molar-refractivity contribution >= 4 is 0 Å². The minimum absolute atomic E-state index is 0.117. The van der Waals surface area contributed by atoms with E-state index in [9.17, 15) is 9.90 Å². The monoisotopic (exact) mass is 306 g/mol. The van der Waals surface area contributed by atoms with Gasteiger partial charge in [-0.1, -0.05) is 6.07 Å². The van der Waals surface area contributed by atoms with Crippen molar-refractivity contribution in [3.63, 3.8) is 0 Å². The third-order valence-electron chi connectivity index (χ3n) is 4.65. The van der Waals surface area contributed by atoms with Crippen LogP contribution in [-0.4, -0.2) is 53.0 Å². The number of piperidine rings is 1. The van der Waals surface area contributed by atoms with E-state index in [2.05, 4.69) is 11.0 Å². The maximum absolute atomic E-state index is 12.0. The predicted molar refractivity (Wildman–Crippen MR) is 85.1 cm³/mol. The summed E-state index contributed by atoms with van der Waals surface area (Å²) in [6.45, 7) is 7.67. The summed E-state index contributed by atoms with van der Waals surface area (Å²) < 4.78 is 7.43. The van der Waals surface area contributed by atoms with E-state index in [1.165, 1.54) is 0 Å². The van der Waals surface area contributed by atoms with Crippen molar-refractivity contribution in [1.29, 1.82) is 0 Å². The molecule has 0 aromatic carbocycles. The van der Waals surface area contributed by atoms with Gasteiger partial charge in [-0.2, -0.15) is 0 Å². The molecule has 1 saturated heterocycles. The summed E-state index contributed by atoms with van der Waals surface area (Å²) in [5.41, 5.74) is 1.27. The normalized spacial score (nSPS) is 26.0. The van der Waals surface area contributed by atoms with Crippen molar-refractivity contribution in [2.45, 2.75) is 44.9 Å². The van der Waals surface area contributed by atoms with Gasteiger partial charge >= 0.3 is 0 Å². The summed E-state index contributed by atoms with van der Waals surface area (Å²) in [5.74, 6) is 0.907. The second kappa shape index (κ2) is 6.52. The zero-order valence-electron chi connectivity index (χ0n) is 13.4. The summed E-state index contributed by atoms with van der Waals surface area (Å²) in [7, 11) is 0. The SMILES string of the molecule is CC(C)OCC(O)CN1C[C@@H]2C[C@H](C1)c1cccc(=O)n1C2. The first-order valence-corrected chi connectivity index (χ1v) is 8.24. The lowest BCUT2D eigenvalue weighted by molar-refractivity contribution is -0.0174. The molecule has 3 rings (SSSR count). The highest BCUT2D eigenvalue weighted by Gasteiger charge is 2.34. The van der Waals surface area contributed by atoms with Gasteiger partial charge in [-0.05, 0) is 32.3 Å². The van der Waals surface area contributed by atoms with Crippen molar-refractivity contribution in [2.75, 3.05) is 26.2 Å². The third-order valence-corrected chi connectivity index (χ3v) is 4.65. The molecule has 0 saturated carbocycles. The van der Waals surface area contributed by atoms with Crippen LogP contribution >= 0.6 is 0 Å². The summed E-state index contributed by atoms with van der Waals surface area (Å²) >= 11 is 0. The highest BCUT2D eigenvalue weighted by molar-refractivity contribution is 5.16. The maximum Gasteiger partial charge on any atom is 0.250 e. The number of hydrogen-bond acceptors (Lipinski definition) is 4. The second-order valence-corrected chi connectivity index (χ2v) is 6.95. The first kappa shape index (κ1) is 15.7. The minimum Gasteiger partial charge on any atom is -0.389 e. The van der Waals surface area contributed by atoms with Crippen LogP contribution < -0.4 is 5.56 Å². The van der Waals surface area contributed by atoms with Crippen LogP contribution in [0.4, 0.5) is 0 Å². The van der Waals surface area contributed by atoms with E-state index in [1.807, 2.05) is 24.5 Å². The third kappa shape index (κ3) is 3.42. The van der Waals surface area contributed by atoms with Crippen LogP contribution in [0.1, 0.15) is 31.9 Å². The standard InChI is InChI=1S/C17H26N2O3/c1-12(2)22-11-15(20)10-18-7-13-6-14(9-18)16-4-3-5-17(21)19(16)8-13/h3-5,12-15,20H,6-11H2,1-2H3/t13-,14+,15?/m0/s1.